The highest BCUT2D eigenvalue weighted by atomic mass is 79.9. The molecule has 0 bridgehead atoms. The first-order valence-corrected chi connectivity index (χ1v) is 12.5. The van der Waals surface area contributed by atoms with Crippen molar-refractivity contribution in [1.29, 1.82) is 0 Å². The van der Waals surface area contributed by atoms with Gasteiger partial charge in [-0.1, -0.05) is 0 Å². The Labute approximate surface area is 204 Å². The molecule has 0 aromatic carbocycles. The Kier molecular flexibility index (Phi) is 7.33. The number of nitrogens with one attached hydrogen (secondary N) is 1. The molecule has 1 saturated carbocycles. The number of anilines is 1. The molecule has 3 aromatic rings. The summed E-state index contributed by atoms with van der Waals surface area (Å²) in [5, 5.41) is 22.6. The lowest BCUT2D eigenvalue weighted by Crippen LogP contribution is -2.24. The highest BCUT2D eigenvalue weighted by Gasteiger charge is 2.34. The molecule has 1 aliphatic rings. The Balaban J connectivity index is 1.44. The molecular formula is C20H22BrN7O5S. The predicted octanol–water partition coefficient (Wildman–Crippen LogP) is 0.881. The molecule has 180 valence electrons. The lowest BCUT2D eigenvalue weighted by Gasteiger charge is -2.15. The number of rotatable bonds is 9. The van der Waals surface area contributed by atoms with Crippen LogP contribution in [-0.4, -0.2) is 62.8 Å². The average molecular weight is 552 g/mol. The second-order valence-electron chi connectivity index (χ2n) is 7.94. The molecule has 0 spiro atoms. The van der Waals surface area contributed by atoms with Crippen molar-refractivity contribution in [2.75, 3.05) is 11.9 Å². The van der Waals surface area contributed by atoms with E-state index in [9.17, 15) is 18.3 Å². The Morgan fingerprint density at radius 1 is 1.29 bits per heavy atom. The summed E-state index contributed by atoms with van der Waals surface area (Å²) >= 11 is 3.38. The minimum absolute atomic E-state index is 0.224. The highest BCUT2D eigenvalue weighted by molar-refractivity contribution is 9.10. The molecule has 4 N–H and O–H groups in total. The molecule has 3 atom stereocenters. The summed E-state index contributed by atoms with van der Waals surface area (Å²) in [6.45, 7) is 0.219. The topological polar surface area (TPSA) is 175 Å². The summed E-state index contributed by atoms with van der Waals surface area (Å²) < 4.78 is 29.2. The number of ketones is 1. The Bertz CT molecular complexity index is 1290. The Hall–Kier alpha value is -2.78. The van der Waals surface area contributed by atoms with Crippen LogP contribution < -0.4 is 10.5 Å². The first-order valence-electron chi connectivity index (χ1n) is 10.3. The molecule has 1 fully saturated rings. The van der Waals surface area contributed by atoms with Gasteiger partial charge in [0, 0.05) is 41.2 Å². The van der Waals surface area contributed by atoms with Gasteiger partial charge in [-0.05, 0) is 46.5 Å². The number of nitrogens with two attached hydrogens (primary N) is 1. The van der Waals surface area contributed by atoms with Crippen molar-refractivity contribution >= 4 is 37.8 Å². The van der Waals surface area contributed by atoms with Gasteiger partial charge >= 0.3 is 10.3 Å². The van der Waals surface area contributed by atoms with Crippen molar-refractivity contribution in [1.82, 2.24) is 24.7 Å². The molecule has 0 aliphatic heterocycles. The number of aromatic nitrogens is 5. The van der Waals surface area contributed by atoms with Gasteiger partial charge < -0.3 is 10.4 Å². The summed E-state index contributed by atoms with van der Waals surface area (Å²) in [6, 6.07) is 3.28. The maximum Gasteiger partial charge on any atom is 0.333 e. The van der Waals surface area contributed by atoms with Gasteiger partial charge in [-0.2, -0.15) is 13.5 Å². The second-order valence-corrected chi connectivity index (χ2v) is 10.1. The van der Waals surface area contributed by atoms with Crippen LogP contribution in [0.2, 0.25) is 0 Å². The fraction of sp³-hybridized carbons (Fsp3) is 0.350. The molecule has 0 amide bonds. The van der Waals surface area contributed by atoms with E-state index in [1.165, 1.54) is 12.5 Å². The number of hydrogen-bond donors (Lipinski definition) is 3. The van der Waals surface area contributed by atoms with E-state index in [0.29, 0.717) is 25.2 Å². The van der Waals surface area contributed by atoms with Gasteiger partial charge in [-0.25, -0.2) is 15.1 Å². The zero-order chi connectivity index (χ0) is 24.3. The van der Waals surface area contributed by atoms with E-state index in [1.54, 1.807) is 29.3 Å². The normalized spacial score (nSPS) is 20.4. The molecule has 1 aliphatic carbocycles. The van der Waals surface area contributed by atoms with E-state index in [1.807, 2.05) is 6.07 Å². The van der Waals surface area contributed by atoms with Gasteiger partial charge in [-0.15, -0.1) is 0 Å². The number of nitrogens with zero attached hydrogens (tertiary/aromatic N) is 5. The SMILES string of the molecule is NS(=O)(=O)OCC1CC(Nc2ncncc2C(=O)c2ccn(Cc3cncc(Br)c3)n2)CC1O. The van der Waals surface area contributed by atoms with Gasteiger partial charge in [-0.3, -0.25) is 18.6 Å². The van der Waals surface area contributed by atoms with Gasteiger partial charge in [0.2, 0.25) is 5.78 Å². The Morgan fingerprint density at radius 3 is 2.88 bits per heavy atom. The minimum Gasteiger partial charge on any atom is -0.393 e. The standard InChI is InChI=1S/C20H22BrN7O5S/c21-14-3-12(6-23-7-14)9-28-2-1-17(27-28)19(30)16-8-24-11-25-20(16)26-15-4-13(18(29)5-15)10-33-34(22,31)32/h1-3,6-8,11,13,15,18,29H,4-5,9-10H2,(H2,22,31,32)(H,24,25,26). The van der Waals surface area contributed by atoms with Crippen molar-refractivity contribution < 1.29 is 22.5 Å². The molecule has 3 aromatic heterocycles. The molecule has 3 heterocycles. The molecule has 4 rings (SSSR count). The van der Waals surface area contributed by atoms with Crippen molar-refractivity contribution in [2.45, 2.75) is 31.5 Å². The van der Waals surface area contributed by atoms with Gasteiger partial charge in [0.15, 0.2) is 0 Å². The number of carbonyl (C=O) groups excluding carboxylic acids is 1. The van der Waals surface area contributed by atoms with Crippen molar-refractivity contribution in [3.63, 3.8) is 0 Å². The summed E-state index contributed by atoms with van der Waals surface area (Å²) in [5.41, 5.74) is 1.38. The van der Waals surface area contributed by atoms with Crippen LogP contribution in [0.15, 0.2) is 47.7 Å². The van der Waals surface area contributed by atoms with Crippen molar-refractivity contribution in [2.24, 2.45) is 11.1 Å². The zero-order valence-electron chi connectivity index (χ0n) is 17.8. The van der Waals surface area contributed by atoms with Crippen LogP contribution in [0.25, 0.3) is 0 Å². The fourth-order valence-electron chi connectivity index (χ4n) is 3.82. The van der Waals surface area contributed by atoms with Crippen LogP contribution in [-0.2, 0) is 21.0 Å². The van der Waals surface area contributed by atoms with Crippen molar-refractivity contribution in [3.05, 3.63) is 64.5 Å². The van der Waals surface area contributed by atoms with E-state index in [4.69, 9.17) is 5.14 Å². The van der Waals surface area contributed by atoms with Crippen molar-refractivity contribution in [3.8, 4) is 0 Å². The van der Waals surface area contributed by atoms with Crippen LogP contribution in [0.5, 0.6) is 0 Å². The minimum atomic E-state index is -4.09. The van der Waals surface area contributed by atoms with Crippen LogP contribution in [0.4, 0.5) is 5.82 Å². The van der Waals surface area contributed by atoms with Crippen LogP contribution in [0, 0.1) is 5.92 Å². The smallest absolute Gasteiger partial charge is 0.333 e. The average Bonchev–Trinajstić information content (AvgIpc) is 3.38. The van der Waals surface area contributed by atoms with Gasteiger partial charge in [0.05, 0.1) is 24.8 Å². The Morgan fingerprint density at radius 2 is 2.12 bits per heavy atom. The third kappa shape index (κ3) is 6.21. The molecule has 12 nitrogen and oxygen atoms in total. The maximum absolute atomic E-state index is 13.1. The summed E-state index contributed by atoms with van der Waals surface area (Å²) in [5.74, 6) is -0.488. The van der Waals surface area contributed by atoms with E-state index >= 15 is 0 Å². The first-order chi connectivity index (χ1) is 16.2. The largest absolute Gasteiger partial charge is 0.393 e. The molecule has 0 saturated heterocycles. The fourth-order valence-corrected chi connectivity index (χ4v) is 4.60. The molecule has 14 heteroatoms. The molecule has 34 heavy (non-hydrogen) atoms. The van der Waals surface area contributed by atoms with Gasteiger partial charge in [0.1, 0.15) is 17.8 Å². The second kappa shape index (κ2) is 10.2. The zero-order valence-corrected chi connectivity index (χ0v) is 20.2. The highest BCUT2D eigenvalue weighted by Crippen LogP contribution is 2.30. The number of hydrogen-bond acceptors (Lipinski definition) is 10. The first kappa shape index (κ1) is 24.3. The monoisotopic (exact) mass is 551 g/mol. The maximum atomic E-state index is 13.1. The summed E-state index contributed by atoms with van der Waals surface area (Å²) in [4.78, 5) is 25.4. The lowest BCUT2D eigenvalue weighted by atomic mass is 10.1. The number of halogens is 1. The molecule has 3 unspecified atom stereocenters. The number of aliphatic hydroxyl groups is 1. The van der Waals surface area contributed by atoms with Crippen LogP contribution >= 0.6 is 15.9 Å². The number of aliphatic hydroxyl groups excluding tert-OH is 1. The van der Waals surface area contributed by atoms with E-state index in [2.05, 4.69) is 45.5 Å². The van der Waals surface area contributed by atoms with Crippen LogP contribution in [0.1, 0.15) is 34.5 Å². The third-order valence-electron chi connectivity index (χ3n) is 5.38. The molecular weight excluding hydrogens is 530 g/mol. The third-order valence-corrected chi connectivity index (χ3v) is 6.28. The van der Waals surface area contributed by atoms with E-state index in [-0.39, 0.29) is 29.7 Å². The van der Waals surface area contributed by atoms with E-state index in [0.717, 1.165) is 10.0 Å². The summed E-state index contributed by atoms with van der Waals surface area (Å²) in [7, 11) is -4.09. The van der Waals surface area contributed by atoms with Crippen LogP contribution in [0.3, 0.4) is 0 Å². The molecule has 0 radical (unpaired) electrons. The summed E-state index contributed by atoms with van der Waals surface area (Å²) in [6.07, 6.45) is 7.77. The van der Waals surface area contributed by atoms with E-state index < -0.39 is 22.3 Å². The number of carbonyl (C=O) groups is 1. The lowest BCUT2D eigenvalue weighted by molar-refractivity contribution is 0.101. The van der Waals surface area contributed by atoms with Gasteiger partial charge in [0.25, 0.3) is 0 Å². The quantitative estimate of drug-likeness (QED) is 0.323. The predicted molar refractivity (Wildman–Crippen MR) is 124 cm³/mol. The number of pyridine rings is 1.